The molecule has 4 heterocycles. The lowest BCUT2D eigenvalue weighted by Gasteiger charge is -2.45. The molecular formula is C81H90BN3OSi. The predicted molar refractivity (Wildman–Crippen MR) is 378 cm³/mol. The number of hydrogen-bond donors (Lipinski definition) is 0. The quantitative estimate of drug-likeness (QED) is 0.142. The molecule has 0 amide bonds. The molecule has 4 nitrogen and oxygen atoms in total. The molecule has 0 saturated carbocycles. The maximum Gasteiger partial charge on any atom is 0.255 e. The van der Waals surface area contributed by atoms with Crippen LogP contribution in [-0.2, 0) is 27.1 Å². The van der Waals surface area contributed by atoms with E-state index in [1.54, 1.807) is 5.19 Å². The zero-order chi connectivity index (χ0) is 61.6. The van der Waals surface area contributed by atoms with Gasteiger partial charge in [-0.3, -0.25) is 9.47 Å². The van der Waals surface area contributed by atoms with E-state index >= 15 is 0 Å². The van der Waals surface area contributed by atoms with Gasteiger partial charge in [-0.1, -0.05) is 207 Å². The Kier molecular flexibility index (Phi) is 12.8. The SMILES string of the molecule is Cc1cc2c3c(c1)N(c1ccc(C(C)(C)C)cc1)c1c(c4cc5c(cc4n1-c1ccccc1-c1ccc(C(C)(C)C)cc1)C(C)(C)CCC5(C)C)B3c1cc3oc4c(c3cc1N2c1ccc([Si](C(C)C)(C(C)C)C(C)C)cc1)-c1ccccc1C4(C)C. The summed E-state index contributed by atoms with van der Waals surface area (Å²) in [5, 5.41) is 4.04. The van der Waals surface area contributed by atoms with Crippen molar-refractivity contribution in [3.05, 3.63) is 197 Å². The highest BCUT2D eigenvalue weighted by molar-refractivity contribution is 7.02. The number of rotatable bonds is 8. The number of hydrogen-bond acceptors (Lipinski definition) is 3. The molecule has 8 aromatic carbocycles. The number of aromatic nitrogens is 1. The Morgan fingerprint density at radius 3 is 1.63 bits per heavy atom. The molecule has 0 spiro atoms. The molecule has 87 heavy (non-hydrogen) atoms. The van der Waals surface area contributed by atoms with Gasteiger partial charge in [-0.05, 0) is 205 Å². The van der Waals surface area contributed by atoms with Crippen LogP contribution in [0.3, 0.4) is 0 Å². The van der Waals surface area contributed by atoms with Crippen molar-refractivity contribution in [1.29, 1.82) is 0 Å². The number of para-hydroxylation sites is 1. The second kappa shape index (κ2) is 19.4. The van der Waals surface area contributed by atoms with Crippen LogP contribution in [0.15, 0.2) is 162 Å². The standard InChI is InChI=1S/C81H90BN3OSi/c1-48(2)87(49(3)4,50(5)6)57-38-36-55(37-39-57)83-68-45-61-71(86-75-72(61)59-25-20-22-26-62(59)81(75,18)19)47-65(68)82-73-60-44-63-64(80(16,17)41-40-79(63,14)15)46-67(60)85(66-27-23-21-24-58(66)52-28-30-53(31-29-52)77(8,9)10)76(73)84(70-43-51(7)42-69(83)74(70)82)56-34-32-54(33-35-56)78(11,12)13/h20-39,42-50H,40-41H2,1-19H3. The molecule has 4 aliphatic rings. The average molecular weight is 1160 g/mol. The first-order chi connectivity index (χ1) is 41.0. The molecule has 14 rings (SSSR count). The Balaban J connectivity index is 1.15. The van der Waals surface area contributed by atoms with Gasteiger partial charge in [-0.25, -0.2) is 0 Å². The van der Waals surface area contributed by atoms with Gasteiger partial charge in [0.25, 0.3) is 6.71 Å². The molecule has 0 fully saturated rings. The first-order valence-corrected chi connectivity index (χ1v) is 34.9. The normalized spacial score (nSPS) is 16.4. The summed E-state index contributed by atoms with van der Waals surface area (Å²) in [5.74, 6) is 2.25. The second-order valence-electron chi connectivity index (χ2n) is 31.5. The summed E-state index contributed by atoms with van der Waals surface area (Å²) in [6.07, 6.45) is 2.26. The van der Waals surface area contributed by atoms with E-state index in [0.29, 0.717) is 16.6 Å². The Labute approximate surface area is 521 Å². The molecule has 2 aliphatic carbocycles. The fourth-order valence-electron chi connectivity index (χ4n) is 17.5. The lowest BCUT2D eigenvalue weighted by molar-refractivity contribution is 0.332. The topological polar surface area (TPSA) is 24.6 Å². The minimum absolute atomic E-state index is 0.0235. The highest BCUT2D eigenvalue weighted by Crippen LogP contribution is 2.56. The first kappa shape index (κ1) is 57.5. The van der Waals surface area contributed by atoms with Crippen LogP contribution in [0.2, 0.25) is 16.6 Å². The lowest BCUT2D eigenvalue weighted by Crippen LogP contribution is -2.61. The number of benzene rings is 8. The number of nitrogens with zero attached hydrogens (tertiary/aromatic N) is 3. The van der Waals surface area contributed by atoms with Gasteiger partial charge in [-0.15, -0.1) is 0 Å². The summed E-state index contributed by atoms with van der Waals surface area (Å²) in [4.78, 5) is 5.34. The highest BCUT2D eigenvalue weighted by Gasteiger charge is 2.50. The van der Waals surface area contributed by atoms with Crippen molar-refractivity contribution in [2.24, 2.45) is 0 Å². The van der Waals surface area contributed by atoms with E-state index in [-0.39, 0.29) is 33.8 Å². The minimum Gasteiger partial charge on any atom is -0.459 e. The van der Waals surface area contributed by atoms with Crippen molar-refractivity contribution in [3.63, 3.8) is 0 Å². The summed E-state index contributed by atoms with van der Waals surface area (Å²) >= 11 is 0. The van der Waals surface area contributed by atoms with Crippen LogP contribution < -0.4 is 31.4 Å². The van der Waals surface area contributed by atoms with Crippen LogP contribution >= 0.6 is 0 Å². The number of anilines is 6. The third kappa shape index (κ3) is 8.34. The van der Waals surface area contributed by atoms with Crippen molar-refractivity contribution in [2.45, 2.75) is 188 Å². The fraction of sp³-hybridized carbons (Fsp3) is 0.358. The van der Waals surface area contributed by atoms with Crippen molar-refractivity contribution in [3.8, 4) is 27.9 Å². The summed E-state index contributed by atoms with van der Waals surface area (Å²) in [5.41, 5.74) is 27.8. The third-order valence-corrected chi connectivity index (χ3v) is 29.1. The Hall–Kier alpha value is -7.28. The predicted octanol–water partition coefficient (Wildman–Crippen LogP) is 20.6. The zero-order valence-electron chi connectivity index (χ0n) is 55.5. The maximum atomic E-state index is 7.45. The van der Waals surface area contributed by atoms with Crippen molar-refractivity contribution >= 4 is 92.5 Å². The van der Waals surface area contributed by atoms with Crippen LogP contribution in [0.1, 0.15) is 177 Å². The number of furan rings is 1. The molecule has 442 valence electrons. The van der Waals surface area contributed by atoms with Gasteiger partial charge in [0.2, 0.25) is 0 Å². The molecule has 2 aromatic heterocycles. The maximum absolute atomic E-state index is 7.45. The van der Waals surface area contributed by atoms with Crippen molar-refractivity contribution in [1.82, 2.24) is 4.57 Å². The van der Waals surface area contributed by atoms with Gasteiger partial charge in [0.05, 0.1) is 19.3 Å². The van der Waals surface area contributed by atoms with E-state index in [0.717, 1.165) is 29.9 Å². The third-order valence-electron chi connectivity index (χ3n) is 22.0. The lowest BCUT2D eigenvalue weighted by atomic mass is 9.33. The Morgan fingerprint density at radius 2 is 1.03 bits per heavy atom. The van der Waals surface area contributed by atoms with E-state index in [9.17, 15) is 0 Å². The van der Waals surface area contributed by atoms with Gasteiger partial charge in [0.15, 0.2) is 0 Å². The van der Waals surface area contributed by atoms with E-state index in [2.05, 4.69) is 304 Å². The van der Waals surface area contributed by atoms with Gasteiger partial charge in [0, 0.05) is 50.4 Å². The van der Waals surface area contributed by atoms with Crippen LogP contribution in [0.25, 0.3) is 49.8 Å². The molecule has 0 saturated heterocycles. The van der Waals surface area contributed by atoms with Crippen molar-refractivity contribution < 1.29 is 4.42 Å². The smallest absolute Gasteiger partial charge is 0.255 e. The largest absolute Gasteiger partial charge is 0.459 e. The molecule has 10 aromatic rings. The van der Waals surface area contributed by atoms with E-state index < -0.39 is 8.07 Å². The number of aryl methyl sites for hydroxylation is 1. The highest BCUT2D eigenvalue weighted by atomic mass is 28.3. The van der Waals surface area contributed by atoms with Crippen LogP contribution in [-0.4, -0.2) is 19.4 Å². The molecule has 0 N–H and O–H groups in total. The Morgan fingerprint density at radius 1 is 0.506 bits per heavy atom. The van der Waals surface area contributed by atoms with Gasteiger partial charge in [-0.2, -0.15) is 0 Å². The molecule has 0 radical (unpaired) electrons. The second-order valence-corrected chi connectivity index (χ2v) is 37.5. The van der Waals surface area contributed by atoms with E-state index in [4.69, 9.17) is 4.42 Å². The minimum atomic E-state index is -1.99. The van der Waals surface area contributed by atoms with E-state index in [1.807, 2.05) is 0 Å². The summed E-state index contributed by atoms with van der Waals surface area (Å²) in [6, 6.07) is 62.7. The average Bonchev–Trinajstić information content (AvgIpc) is 1.61. The molecule has 0 unspecified atom stereocenters. The first-order valence-electron chi connectivity index (χ1n) is 32.7. The molecular weight excluding hydrogens is 1070 g/mol. The molecule has 0 atom stereocenters. The van der Waals surface area contributed by atoms with Crippen LogP contribution in [0.4, 0.5) is 34.3 Å². The molecule has 6 heteroatoms. The number of fused-ring (bicyclic) bond motifs is 12. The van der Waals surface area contributed by atoms with Crippen molar-refractivity contribution in [2.75, 3.05) is 9.80 Å². The van der Waals surface area contributed by atoms with Crippen LogP contribution in [0, 0.1) is 6.92 Å². The van der Waals surface area contributed by atoms with Gasteiger partial charge < -0.3 is 9.32 Å². The summed E-state index contributed by atoms with van der Waals surface area (Å²) in [7, 11) is -1.99. The molecule has 2 aliphatic heterocycles. The summed E-state index contributed by atoms with van der Waals surface area (Å²) in [6.45, 7) is 45.7. The monoisotopic (exact) mass is 1160 g/mol. The van der Waals surface area contributed by atoms with Gasteiger partial charge >= 0.3 is 0 Å². The summed E-state index contributed by atoms with van der Waals surface area (Å²) < 4.78 is 10.2. The van der Waals surface area contributed by atoms with Crippen LogP contribution in [0.5, 0.6) is 0 Å². The fourth-order valence-corrected chi connectivity index (χ4v) is 24.2. The van der Waals surface area contributed by atoms with Gasteiger partial charge in [0.1, 0.15) is 17.2 Å². The zero-order valence-corrected chi connectivity index (χ0v) is 56.5. The van der Waals surface area contributed by atoms with E-state index in [1.165, 1.54) is 123 Å². The molecule has 0 bridgehead atoms. The Bertz CT molecular complexity index is 4410.